The van der Waals surface area contributed by atoms with Crippen molar-refractivity contribution in [3.63, 3.8) is 0 Å². The van der Waals surface area contributed by atoms with E-state index in [1.54, 1.807) is 6.92 Å². The molecule has 1 atom stereocenters. The number of hydrogen-bond donors (Lipinski definition) is 2. The third kappa shape index (κ3) is 1.96. The third-order valence-electron chi connectivity index (χ3n) is 2.65. The van der Waals surface area contributed by atoms with Crippen LogP contribution in [0.25, 0.3) is 0 Å². The van der Waals surface area contributed by atoms with Crippen LogP contribution in [0.4, 0.5) is 5.95 Å². The Kier molecular flexibility index (Phi) is 2.74. The Balaban J connectivity index is 2.31. The molecule has 2 heterocycles. The average Bonchev–Trinajstić information content (AvgIpc) is 2.58. The second-order valence-electron chi connectivity index (χ2n) is 4.02. The molecule has 1 aliphatic heterocycles. The first-order valence-electron chi connectivity index (χ1n) is 5.18. The molecule has 1 saturated heterocycles. The van der Waals surface area contributed by atoms with Gasteiger partial charge in [0.1, 0.15) is 0 Å². The van der Waals surface area contributed by atoms with Crippen LogP contribution in [0.1, 0.15) is 12.1 Å². The number of hydrogen-bond acceptors (Lipinski definition) is 4. The van der Waals surface area contributed by atoms with E-state index in [0.717, 1.165) is 0 Å². The van der Waals surface area contributed by atoms with Crippen molar-refractivity contribution >= 4 is 11.9 Å². The van der Waals surface area contributed by atoms with Gasteiger partial charge in [0.05, 0.1) is 0 Å². The Hall–Kier alpha value is -1.69. The van der Waals surface area contributed by atoms with Crippen LogP contribution in [0, 0.1) is 12.8 Å². The van der Waals surface area contributed by atoms with Gasteiger partial charge in [0.25, 0.3) is 5.56 Å². The van der Waals surface area contributed by atoms with Crippen LogP contribution in [0.3, 0.4) is 0 Å². The van der Waals surface area contributed by atoms with Gasteiger partial charge < -0.3 is 5.73 Å². The maximum Gasteiger partial charge on any atom is 0.252 e. The van der Waals surface area contributed by atoms with Crippen LogP contribution in [-0.4, -0.2) is 29.0 Å². The highest BCUT2D eigenvalue weighted by Gasteiger charge is 2.31. The van der Waals surface area contributed by atoms with Crippen LogP contribution in [0.15, 0.2) is 10.9 Å². The van der Waals surface area contributed by atoms with Crippen molar-refractivity contribution in [2.75, 3.05) is 18.0 Å². The molecule has 1 amide bonds. The molecule has 0 radical (unpaired) electrons. The number of nitrogens with two attached hydrogens (primary N) is 1. The van der Waals surface area contributed by atoms with E-state index < -0.39 is 0 Å². The van der Waals surface area contributed by atoms with Crippen LogP contribution in [0.2, 0.25) is 0 Å². The minimum Gasteiger partial charge on any atom is -0.330 e. The molecule has 1 aromatic heterocycles. The van der Waals surface area contributed by atoms with Gasteiger partial charge in [-0.1, -0.05) is 0 Å². The zero-order chi connectivity index (χ0) is 11.7. The van der Waals surface area contributed by atoms with Crippen molar-refractivity contribution in [3.05, 3.63) is 22.1 Å². The minimum absolute atomic E-state index is 0.0378. The van der Waals surface area contributed by atoms with Gasteiger partial charge in [-0.15, -0.1) is 0 Å². The number of amides is 1. The molecule has 16 heavy (non-hydrogen) atoms. The number of aromatic nitrogens is 2. The van der Waals surface area contributed by atoms with Gasteiger partial charge in [0.2, 0.25) is 11.9 Å². The lowest BCUT2D eigenvalue weighted by molar-refractivity contribution is -0.117. The second-order valence-corrected chi connectivity index (χ2v) is 4.02. The largest absolute Gasteiger partial charge is 0.330 e. The van der Waals surface area contributed by atoms with Crippen molar-refractivity contribution in [3.8, 4) is 0 Å². The van der Waals surface area contributed by atoms with Crippen LogP contribution < -0.4 is 16.2 Å². The summed E-state index contributed by atoms with van der Waals surface area (Å²) in [5, 5.41) is 0. The second kappa shape index (κ2) is 4.05. The van der Waals surface area contributed by atoms with E-state index in [1.165, 1.54) is 11.0 Å². The lowest BCUT2D eigenvalue weighted by Crippen LogP contribution is -2.29. The number of aromatic amines is 1. The topological polar surface area (TPSA) is 92.1 Å². The fourth-order valence-corrected chi connectivity index (χ4v) is 1.84. The molecular formula is C10H14N4O2. The van der Waals surface area contributed by atoms with Gasteiger partial charge >= 0.3 is 0 Å². The summed E-state index contributed by atoms with van der Waals surface area (Å²) in [4.78, 5) is 31.1. The van der Waals surface area contributed by atoms with Gasteiger partial charge in [-0.3, -0.25) is 19.5 Å². The Morgan fingerprint density at radius 1 is 1.62 bits per heavy atom. The lowest BCUT2D eigenvalue weighted by atomic mass is 10.1. The van der Waals surface area contributed by atoms with Gasteiger partial charge in [-0.25, -0.2) is 4.98 Å². The fourth-order valence-electron chi connectivity index (χ4n) is 1.84. The van der Waals surface area contributed by atoms with Crippen LogP contribution in [0.5, 0.6) is 0 Å². The quantitative estimate of drug-likeness (QED) is 0.698. The van der Waals surface area contributed by atoms with Gasteiger partial charge in [-0.2, -0.15) is 0 Å². The summed E-state index contributed by atoms with van der Waals surface area (Å²) in [5.74, 6) is 0.438. The predicted octanol–water partition coefficient (Wildman–Crippen LogP) is -0.610. The summed E-state index contributed by atoms with van der Waals surface area (Å²) in [6.07, 6.45) is 0.425. The lowest BCUT2D eigenvalue weighted by Gasteiger charge is -2.14. The monoisotopic (exact) mass is 222 g/mol. The van der Waals surface area contributed by atoms with E-state index in [1.807, 2.05) is 0 Å². The van der Waals surface area contributed by atoms with Crippen molar-refractivity contribution in [2.45, 2.75) is 13.3 Å². The maximum absolute atomic E-state index is 11.7. The molecule has 1 aliphatic rings. The Bertz CT molecular complexity index is 468. The highest BCUT2D eigenvalue weighted by molar-refractivity contribution is 5.94. The minimum atomic E-state index is -0.244. The van der Waals surface area contributed by atoms with E-state index in [9.17, 15) is 9.59 Å². The Labute approximate surface area is 92.5 Å². The average molecular weight is 222 g/mol. The number of nitrogens with zero attached hydrogens (tertiary/aromatic N) is 2. The molecule has 0 bridgehead atoms. The normalized spacial score (nSPS) is 20.5. The van der Waals surface area contributed by atoms with Crippen LogP contribution in [-0.2, 0) is 4.79 Å². The van der Waals surface area contributed by atoms with E-state index >= 15 is 0 Å². The molecule has 1 unspecified atom stereocenters. The van der Waals surface area contributed by atoms with Crippen molar-refractivity contribution in [1.82, 2.24) is 9.97 Å². The first-order valence-corrected chi connectivity index (χ1v) is 5.18. The SMILES string of the molecule is Cc1cc(=O)[nH]c(N2CC(CN)CC2=O)n1. The molecule has 0 aromatic carbocycles. The zero-order valence-corrected chi connectivity index (χ0v) is 9.06. The third-order valence-corrected chi connectivity index (χ3v) is 2.65. The predicted molar refractivity (Wildman–Crippen MR) is 59.1 cm³/mol. The van der Waals surface area contributed by atoms with Crippen molar-refractivity contribution in [1.29, 1.82) is 0 Å². The molecule has 0 aliphatic carbocycles. The molecule has 2 rings (SSSR count). The van der Waals surface area contributed by atoms with E-state index in [0.29, 0.717) is 31.2 Å². The first-order chi connectivity index (χ1) is 7.60. The van der Waals surface area contributed by atoms with Gasteiger partial charge in [-0.05, 0) is 19.4 Å². The van der Waals surface area contributed by atoms with Crippen molar-refractivity contribution in [2.24, 2.45) is 11.7 Å². The molecule has 1 aromatic rings. The summed E-state index contributed by atoms with van der Waals surface area (Å²) in [6.45, 7) is 2.72. The van der Waals surface area contributed by atoms with Crippen LogP contribution >= 0.6 is 0 Å². The fraction of sp³-hybridized carbons (Fsp3) is 0.500. The molecule has 1 fully saturated rings. The molecule has 6 heteroatoms. The summed E-state index contributed by atoms with van der Waals surface area (Å²) in [7, 11) is 0. The zero-order valence-electron chi connectivity index (χ0n) is 9.06. The van der Waals surface area contributed by atoms with E-state index in [4.69, 9.17) is 5.73 Å². The molecule has 86 valence electrons. The summed E-state index contributed by atoms with van der Waals surface area (Å²) in [5.41, 5.74) is 5.88. The number of anilines is 1. The number of rotatable bonds is 2. The Morgan fingerprint density at radius 3 is 2.94 bits per heavy atom. The molecule has 6 nitrogen and oxygen atoms in total. The summed E-state index contributed by atoms with van der Waals surface area (Å²) < 4.78 is 0. The maximum atomic E-state index is 11.7. The highest BCUT2D eigenvalue weighted by Crippen LogP contribution is 2.20. The standard InChI is InChI=1S/C10H14N4O2/c1-6-2-8(15)13-10(12-6)14-5-7(4-11)3-9(14)16/h2,7H,3-5,11H2,1H3,(H,12,13,15). The number of carbonyl (C=O) groups is 1. The van der Waals surface area contributed by atoms with Gasteiger partial charge in [0.15, 0.2) is 0 Å². The van der Waals surface area contributed by atoms with E-state index in [2.05, 4.69) is 9.97 Å². The number of aryl methyl sites for hydroxylation is 1. The first kappa shape index (κ1) is 10.8. The summed E-state index contributed by atoms with van der Waals surface area (Å²) >= 11 is 0. The number of nitrogens with one attached hydrogen (secondary N) is 1. The Morgan fingerprint density at radius 2 is 2.38 bits per heavy atom. The summed E-state index contributed by atoms with van der Waals surface area (Å²) in [6, 6.07) is 1.39. The smallest absolute Gasteiger partial charge is 0.252 e. The highest BCUT2D eigenvalue weighted by atomic mass is 16.2. The number of carbonyl (C=O) groups excluding carboxylic acids is 1. The molecular weight excluding hydrogens is 208 g/mol. The molecule has 0 saturated carbocycles. The number of H-pyrrole nitrogens is 1. The van der Waals surface area contributed by atoms with Crippen molar-refractivity contribution < 1.29 is 4.79 Å². The van der Waals surface area contributed by atoms with Gasteiger partial charge in [0, 0.05) is 24.7 Å². The molecule has 0 spiro atoms. The van der Waals surface area contributed by atoms with E-state index in [-0.39, 0.29) is 17.4 Å². The molecule has 3 N–H and O–H groups in total.